The van der Waals surface area contributed by atoms with Crippen LogP contribution in [0.15, 0.2) is 0 Å². The monoisotopic (exact) mass is 444 g/mol. The second-order valence-electron chi connectivity index (χ2n) is 5.09. The van der Waals surface area contributed by atoms with Crippen LogP contribution in [0.2, 0.25) is 0 Å². The summed E-state index contributed by atoms with van der Waals surface area (Å²) in [4.78, 5) is 0. The van der Waals surface area contributed by atoms with Gasteiger partial charge in [0.1, 0.15) is 0 Å². The molecular weight excluding hydrogens is 433 g/mol. The van der Waals surface area contributed by atoms with Crippen LogP contribution < -0.4 is 0 Å². The Morgan fingerprint density at radius 2 is 0.852 bits per heavy atom. The molecule has 0 fully saturated rings. The van der Waals surface area contributed by atoms with Crippen LogP contribution in [-0.2, 0) is 0 Å². The third kappa shape index (κ3) is 26.3. The molecule has 0 nitrogen and oxygen atoms in total. The van der Waals surface area contributed by atoms with Gasteiger partial charge in [0.25, 0.3) is 0 Å². The molecule has 0 spiro atoms. The normalized spacial score (nSPS) is 8.81. The zero-order chi connectivity index (χ0) is 19.8. The first-order chi connectivity index (χ1) is 13.3. The number of hydrogen-bond acceptors (Lipinski definition) is 0. The predicted octanol–water partition coefficient (Wildman–Crippen LogP) is -5.90. The van der Waals surface area contributed by atoms with E-state index in [9.17, 15) is 0 Å². The van der Waals surface area contributed by atoms with Crippen LogP contribution in [0.3, 0.4) is 0 Å². The van der Waals surface area contributed by atoms with Gasteiger partial charge in [0.15, 0.2) is 0 Å². The number of halogens is 1. The Kier molecular flexibility index (Phi) is 28.7. The van der Waals surface area contributed by atoms with Crippen LogP contribution in [0.4, 0.5) is 0 Å². The van der Waals surface area contributed by atoms with Crippen molar-refractivity contribution in [3.8, 4) is 0 Å². The van der Waals surface area contributed by atoms with Crippen molar-refractivity contribution in [3.05, 3.63) is 0 Å². The van der Waals surface area contributed by atoms with Gasteiger partial charge < -0.3 is 0 Å². The Balaban J connectivity index is 4.00. The predicted molar refractivity (Wildman–Crippen MR) is 163 cm³/mol. The second-order valence-corrected chi connectivity index (χ2v) is 7.43. The fourth-order valence-corrected chi connectivity index (χ4v) is 2.72. The molecule has 0 radical (unpaired) electrons. The topological polar surface area (TPSA) is 0 Å². The Morgan fingerprint density at radius 3 is 1.15 bits per heavy atom. The quantitative estimate of drug-likeness (QED) is 0.222. The van der Waals surface area contributed by atoms with Gasteiger partial charge >= 0.3 is 195 Å². The van der Waals surface area contributed by atoms with Crippen molar-refractivity contribution in [1.29, 1.82) is 0 Å². The Hall–Kier alpha value is 2.38. The van der Waals surface area contributed by atoms with Crippen LogP contribution in [-0.4, -0.2) is 150 Å². The molecule has 0 unspecified atom stereocenters. The van der Waals surface area contributed by atoms with Gasteiger partial charge in [0, 0.05) is 0 Å². The molecule has 0 N–H and O–H groups in total. The molecular formula is C3H7B22IS. The van der Waals surface area contributed by atoms with Gasteiger partial charge in [0.05, 0.1) is 0 Å². The third-order valence-corrected chi connectivity index (χ3v) is 4.57. The van der Waals surface area contributed by atoms with Crippen molar-refractivity contribution in [2.45, 2.75) is 13.3 Å². The zero-order valence-corrected chi connectivity index (χ0v) is 18.9. The van der Waals surface area contributed by atoms with Crippen molar-refractivity contribution in [2.75, 3.05) is 5.75 Å². The summed E-state index contributed by atoms with van der Waals surface area (Å²) in [5, 5.41) is 0. The van der Waals surface area contributed by atoms with E-state index in [2.05, 4.69) is 35.3 Å². The van der Waals surface area contributed by atoms with E-state index < -0.39 is 0 Å². The van der Waals surface area contributed by atoms with Crippen LogP contribution in [0, 0.1) is 0 Å². The maximum atomic E-state index is 5.92. The molecule has 0 saturated heterocycles. The fraction of sp³-hybridized carbons (Fsp3) is 1.00. The van der Waals surface area contributed by atoms with E-state index in [4.69, 9.17) is 6.53 Å². The fourth-order valence-electron chi connectivity index (χ4n) is 1.58. The van der Waals surface area contributed by atoms with Crippen molar-refractivity contribution in [3.63, 3.8) is 0 Å². The molecule has 0 amide bonds. The summed E-state index contributed by atoms with van der Waals surface area (Å²) in [5.41, 5.74) is 0. The average molecular weight is 440 g/mol. The molecule has 0 aliphatic rings. The first kappa shape index (κ1) is 29.4. The van der Waals surface area contributed by atoms with Gasteiger partial charge in [0.2, 0.25) is 0 Å². The second kappa shape index (κ2) is 26.4. The molecule has 0 bridgehead atoms. The summed E-state index contributed by atoms with van der Waals surface area (Å²) in [6.45, 7) is 46.0. The molecule has 0 aromatic carbocycles. The SMILES string of the molecule is B#S(=BB=BB=BB=BB=BB=BB=BB=BB=BB=BB=BI)CCC. The van der Waals surface area contributed by atoms with Crippen molar-refractivity contribution < 1.29 is 0 Å². The van der Waals surface area contributed by atoms with Gasteiger partial charge in [-0.1, -0.05) is 0 Å². The van der Waals surface area contributed by atoms with Crippen LogP contribution in [0.5, 0.6) is 0 Å². The van der Waals surface area contributed by atoms with E-state index in [1.54, 1.807) is 0 Å². The summed E-state index contributed by atoms with van der Waals surface area (Å²) < 4.78 is 1.97. The average Bonchev–Trinajstić information content (AvgIpc) is 2.66. The van der Waals surface area contributed by atoms with Gasteiger partial charge in [-0.05, 0) is 0 Å². The summed E-state index contributed by atoms with van der Waals surface area (Å²) in [5.74, 6) is 1.06. The van der Waals surface area contributed by atoms with Crippen LogP contribution in [0.25, 0.3) is 0 Å². The van der Waals surface area contributed by atoms with Gasteiger partial charge in [-0.15, -0.1) is 0 Å². The van der Waals surface area contributed by atoms with E-state index in [0.717, 1.165) is 12.2 Å². The third-order valence-electron chi connectivity index (χ3n) is 2.77. The molecule has 98 valence electrons. The van der Waals surface area contributed by atoms with Crippen LogP contribution in [0.1, 0.15) is 13.3 Å². The summed E-state index contributed by atoms with van der Waals surface area (Å²) >= 11 is 2.19. The molecule has 0 rings (SSSR count). The van der Waals surface area contributed by atoms with E-state index in [1.807, 2.05) is 132 Å². The molecule has 0 aromatic rings. The standard InChI is InChI=1S/C3H7B22IS/c1-2-3-27(4)25-23-21-19-17-15-13-11-9-7-5-6-8-10-12-14-16-18-20-22-24-26/h2-3H2,1H3. The van der Waals surface area contributed by atoms with E-state index in [-0.39, 0.29) is 9.56 Å². The molecule has 0 atom stereocenters. The van der Waals surface area contributed by atoms with E-state index in [0.29, 0.717) is 0 Å². The molecule has 0 heterocycles. The Bertz CT molecular complexity index is 799. The Labute approximate surface area is 193 Å². The minimum atomic E-state index is -0.0899. The molecule has 24 heteroatoms. The van der Waals surface area contributed by atoms with Crippen LogP contribution >= 0.6 is 31.9 Å². The minimum absolute atomic E-state index is 0.0899. The van der Waals surface area contributed by atoms with Gasteiger partial charge in [-0.3, -0.25) is 0 Å². The van der Waals surface area contributed by atoms with Gasteiger partial charge in [-0.25, -0.2) is 0 Å². The summed E-state index contributed by atoms with van der Waals surface area (Å²) in [6.07, 6.45) is 1.13. The van der Waals surface area contributed by atoms with Gasteiger partial charge in [-0.2, -0.15) is 0 Å². The van der Waals surface area contributed by atoms with Crippen molar-refractivity contribution in [1.82, 2.24) is 0 Å². The maximum absolute atomic E-state index is 5.92. The van der Waals surface area contributed by atoms with Crippen molar-refractivity contribution >= 4 is 176 Å². The molecule has 27 heavy (non-hydrogen) atoms. The molecule has 0 saturated carbocycles. The number of hydrogen-bond donors (Lipinski definition) is 0. The first-order valence-corrected chi connectivity index (χ1v) is 11.6. The molecule has 0 aliphatic heterocycles. The summed E-state index contributed by atoms with van der Waals surface area (Å²) in [6, 6.07) is 2.06. The van der Waals surface area contributed by atoms with E-state index >= 15 is 0 Å². The van der Waals surface area contributed by atoms with E-state index in [1.165, 1.54) is 0 Å². The zero-order valence-electron chi connectivity index (χ0n) is 15.9. The first-order valence-electron chi connectivity index (χ1n) is 8.85. The molecule has 0 aromatic heterocycles. The Morgan fingerprint density at radius 1 is 0.556 bits per heavy atom. The summed E-state index contributed by atoms with van der Waals surface area (Å²) in [7, 11) is -0.0899. The van der Waals surface area contributed by atoms with Crippen molar-refractivity contribution in [2.24, 2.45) is 0 Å². The molecule has 0 aliphatic carbocycles. The number of rotatable bonds is 11.